The summed E-state index contributed by atoms with van der Waals surface area (Å²) >= 11 is 16.4. The second kappa shape index (κ2) is 8.66. The van der Waals surface area contributed by atoms with E-state index in [2.05, 4.69) is 36.7 Å². The molecule has 1 aromatic heterocycles. The lowest BCUT2D eigenvalue weighted by Crippen LogP contribution is -2.24. The molecule has 3 aromatic carbocycles. The van der Waals surface area contributed by atoms with Gasteiger partial charge in [-0.1, -0.05) is 68.6 Å². The highest BCUT2D eigenvalue weighted by atomic mass is 79.9. The molecule has 4 N–H and O–H groups in total. The normalized spacial score (nSPS) is 10.9. The number of H-pyrrole nitrogens is 1. The SMILES string of the molecule is Nc1[nH]nnc1C(=O)NCc1cc(Cl)c(C(=O)c2ccc(Br)c3ccccc23)c(Cl)c1. The fourth-order valence-electron chi connectivity index (χ4n) is 3.21. The van der Waals surface area contributed by atoms with Gasteiger partial charge in [-0.25, -0.2) is 5.10 Å². The first kappa shape index (κ1) is 21.3. The molecule has 0 fully saturated rings. The molecule has 4 rings (SSSR count). The van der Waals surface area contributed by atoms with Gasteiger partial charge in [0.15, 0.2) is 17.3 Å². The van der Waals surface area contributed by atoms with Crippen molar-refractivity contribution in [1.82, 2.24) is 20.7 Å². The van der Waals surface area contributed by atoms with Crippen molar-refractivity contribution in [3.05, 3.63) is 85.4 Å². The quantitative estimate of drug-likeness (QED) is 0.329. The number of nitrogens with one attached hydrogen (secondary N) is 2. The highest BCUT2D eigenvalue weighted by Crippen LogP contribution is 2.33. The Kier molecular flexibility index (Phi) is 5.95. The van der Waals surface area contributed by atoms with Crippen molar-refractivity contribution < 1.29 is 9.59 Å². The standard InChI is InChI=1S/C21H14BrCl2N5O2/c22-14-6-5-13(11-3-1-2-4-12(11)14)19(30)17-15(23)7-10(8-16(17)24)9-26-21(31)18-20(25)28-29-27-18/h1-8H,9H2,(H,26,31)(H3,25,27,28,29). The summed E-state index contributed by atoms with van der Waals surface area (Å²) in [6.45, 7) is 0.111. The molecule has 0 aliphatic rings. The molecule has 1 amide bonds. The summed E-state index contributed by atoms with van der Waals surface area (Å²) in [6.07, 6.45) is 0. The van der Waals surface area contributed by atoms with Crippen LogP contribution in [0.3, 0.4) is 0 Å². The number of carbonyl (C=O) groups excluding carboxylic acids is 2. The van der Waals surface area contributed by atoms with Crippen molar-refractivity contribution >= 4 is 67.4 Å². The van der Waals surface area contributed by atoms with E-state index in [4.69, 9.17) is 28.9 Å². The van der Waals surface area contributed by atoms with Gasteiger partial charge in [0.25, 0.3) is 5.91 Å². The lowest BCUT2D eigenvalue weighted by atomic mass is 9.96. The van der Waals surface area contributed by atoms with Crippen molar-refractivity contribution in [2.75, 3.05) is 5.73 Å². The van der Waals surface area contributed by atoms with E-state index in [1.54, 1.807) is 18.2 Å². The Morgan fingerprint density at radius 3 is 2.39 bits per heavy atom. The Morgan fingerprint density at radius 1 is 1.06 bits per heavy atom. The van der Waals surface area contributed by atoms with Gasteiger partial charge in [-0.05, 0) is 40.6 Å². The Balaban J connectivity index is 1.62. The molecular formula is C21H14BrCl2N5O2. The number of nitrogens with zero attached hydrogens (tertiary/aromatic N) is 2. The first-order valence-corrected chi connectivity index (χ1v) is 10.6. The zero-order chi connectivity index (χ0) is 22.1. The summed E-state index contributed by atoms with van der Waals surface area (Å²) in [7, 11) is 0. The third-order valence-electron chi connectivity index (χ3n) is 4.69. The van der Waals surface area contributed by atoms with Gasteiger partial charge in [-0.2, -0.15) is 0 Å². The zero-order valence-electron chi connectivity index (χ0n) is 15.7. The summed E-state index contributed by atoms with van der Waals surface area (Å²) < 4.78 is 0.885. The topological polar surface area (TPSA) is 114 Å². The summed E-state index contributed by atoms with van der Waals surface area (Å²) in [5.41, 5.74) is 6.89. The van der Waals surface area contributed by atoms with E-state index in [-0.39, 0.29) is 39.4 Å². The van der Waals surface area contributed by atoms with Gasteiger partial charge in [-0.3, -0.25) is 9.59 Å². The number of nitrogens with two attached hydrogens (primary N) is 1. The van der Waals surface area contributed by atoms with Crippen LogP contribution in [-0.4, -0.2) is 27.1 Å². The summed E-state index contributed by atoms with van der Waals surface area (Å²) in [5.74, 6) is -0.721. The molecule has 1 heterocycles. The van der Waals surface area contributed by atoms with Crippen LogP contribution in [0.25, 0.3) is 10.8 Å². The average Bonchev–Trinajstić information content (AvgIpc) is 3.18. The van der Waals surface area contributed by atoms with Crippen LogP contribution in [0.15, 0.2) is 53.0 Å². The minimum atomic E-state index is -0.500. The largest absolute Gasteiger partial charge is 0.382 e. The fourth-order valence-corrected chi connectivity index (χ4v) is 4.39. The Bertz CT molecular complexity index is 1320. The number of carbonyl (C=O) groups is 2. The number of nitrogen functional groups attached to an aromatic ring is 1. The number of benzene rings is 3. The molecule has 156 valence electrons. The van der Waals surface area contributed by atoms with Crippen molar-refractivity contribution in [2.45, 2.75) is 6.54 Å². The second-order valence-corrected chi connectivity index (χ2v) is 8.33. The Morgan fingerprint density at radius 2 is 1.74 bits per heavy atom. The van der Waals surface area contributed by atoms with E-state index in [1.165, 1.54) is 0 Å². The number of aromatic amines is 1. The van der Waals surface area contributed by atoms with Crippen molar-refractivity contribution in [1.29, 1.82) is 0 Å². The number of rotatable bonds is 5. The molecule has 0 saturated heterocycles. The first-order chi connectivity index (χ1) is 14.9. The molecule has 31 heavy (non-hydrogen) atoms. The highest BCUT2D eigenvalue weighted by molar-refractivity contribution is 9.10. The maximum Gasteiger partial charge on any atom is 0.275 e. The fraction of sp³-hybridized carbons (Fsp3) is 0.0476. The number of ketones is 1. The van der Waals surface area contributed by atoms with Crippen LogP contribution < -0.4 is 11.1 Å². The van der Waals surface area contributed by atoms with E-state index in [0.717, 1.165) is 15.2 Å². The van der Waals surface area contributed by atoms with Crippen molar-refractivity contribution in [3.63, 3.8) is 0 Å². The molecule has 0 atom stereocenters. The monoisotopic (exact) mass is 517 g/mol. The van der Waals surface area contributed by atoms with E-state index < -0.39 is 5.91 Å². The van der Waals surface area contributed by atoms with Gasteiger partial charge in [0, 0.05) is 16.6 Å². The van der Waals surface area contributed by atoms with Crippen LogP contribution in [0.4, 0.5) is 5.82 Å². The molecule has 0 spiro atoms. The molecule has 7 nitrogen and oxygen atoms in total. The molecule has 0 bridgehead atoms. The zero-order valence-corrected chi connectivity index (χ0v) is 18.8. The molecule has 4 aromatic rings. The Labute approximate surface area is 195 Å². The number of fused-ring (bicyclic) bond motifs is 1. The maximum absolute atomic E-state index is 13.3. The first-order valence-electron chi connectivity index (χ1n) is 9.01. The predicted octanol–water partition coefficient (Wildman–Crippen LogP) is 4.77. The van der Waals surface area contributed by atoms with Gasteiger partial charge in [0.05, 0.1) is 15.6 Å². The summed E-state index contributed by atoms with van der Waals surface area (Å²) in [6, 6.07) is 14.3. The predicted molar refractivity (Wildman–Crippen MR) is 124 cm³/mol. The van der Waals surface area contributed by atoms with Gasteiger partial charge >= 0.3 is 0 Å². The maximum atomic E-state index is 13.3. The van der Waals surface area contributed by atoms with Crippen LogP contribution in [0.5, 0.6) is 0 Å². The summed E-state index contributed by atoms with van der Waals surface area (Å²) in [5, 5.41) is 14.2. The van der Waals surface area contributed by atoms with Crippen LogP contribution >= 0.6 is 39.1 Å². The lowest BCUT2D eigenvalue weighted by Gasteiger charge is -2.12. The number of hydrogen-bond donors (Lipinski definition) is 3. The third kappa shape index (κ3) is 4.14. The minimum Gasteiger partial charge on any atom is -0.382 e. The van der Waals surface area contributed by atoms with Gasteiger partial charge in [0.2, 0.25) is 0 Å². The van der Waals surface area contributed by atoms with E-state index in [1.807, 2.05) is 30.3 Å². The summed E-state index contributed by atoms with van der Waals surface area (Å²) in [4.78, 5) is 25.4. The molecular weight excluding hydrogens is 505 g/mol. The third-order valence-corrected chi connectivity index (χ3v) is 5.98. The molecule has 0 saturated carbocycles. The number of halogens is 3. The number of hydrogen-bond acceptors (Lipinski definition) is 5. The molecule has 0 radical (unpaired) electrons. The van der Waals surface area contributed by atoms with Gasteiger partial charge in [-0.15, -0.1) is 5.10 Å². The molecule has 0 aliphatic carbocycles. The average molecular weight is 519 g/mol. The van der Waals surface area contributed by atoms with Gasteiger partial charge < -0.3 is 11.1 Å². The lowest BCUT2D eigenvalue weighted by molar-refractivity contribution is 0.0946. The van der Waals surface area contributed by atoms with Crippen LogP contribution in [0, 0.1) is 0 Å². The molecule has 0 aliphatic heterocycles. The molecule has 10 heteroatoms. The smallest absolute Gasteiger partial charge is 0.275 e. The number of amides is 1. The van der Waals surface area contributed by atoms with Crippen LogP contribution in [0.2, 0.25) is 10.0 Å². The molecule has 0 unspecified atom stereocenters. The van der Waals surface area contributed by atoms with Crippen LogP contribution in [-0.2, 0) is 6.54 Å². The number of anilines is 1. The van der Waals surface area contributed by atoms with E-state index in [0.29, 0.717) is 11.1 Å². The Hall–Kier alpha value is -2.94. The van der Waals surface area contributed by atoms with E-state index >= 15 is 0 Å². The minimum absolute atomic E-state index is 0.00823. The highest BCUT2D eigenvalue weighted by Gasteiger charge is 2.21. The van der Waals surface area contributed by atoms with Gasteiger partial charge in [0.1, 0.15) is 0 Å². The van der Waals surface area contributed by atoms with E-state index in [9.17, 15) is 9.59 Å². The van der Waals surface area contributed by atoms with Crippen LogP contribution in [0.1, 0.15) is 32.0 Å². The van der Waals surface area contributed by atoms with Crippen molar-refractivity contribution in [3.8, 4) is 0 Å². The second-order valence-electron chi connectivity index (χ2n) is 6.66. The van der Waals surface area contributed by atoms with Crippen molar-refractivity contribution in [2.24, 2.45) is 0 Å². The number of aromatic nitrogens is 3.